The first-order chi connectivity index (χ1) is 8.28. The van der Waals surface area contributed by atoms with Crippen LogP contribution in [0.1, 0.15) is 47.0 Å². The molecule has 0 saturated carbocycles. The van der Waals surface area contributed by atoms with Crippen LogP contribution in [-0.2, 0) is 9.59 Å². The topological polar surface area (TPSA) is 69.6 Å². The Morgan fingerprint density at radius 2 is 1.78 bits per heavy atom. The molecule has 1 aliphatic rings. The van der Waals surface area contributed by atoms with Gasteiger partial charge in [0.15, 0.2) is 0 Å². The number of carbonyl (C=O) groups excluding carboxylic acids is 2. The Morgan fingerprint density at radius 1 is 1.28 bits per heavy atom. The third kappa shape index (κ3) is 3.45. The van der Waals surface area contributed by atoms with Crippen LogP contribution in [0.3, 0.4) is 0 Å². The largest absolute Gasteiger partial charge is 0.394 e. The van der Waals surface area contributed by atoms with Crippen molar-refractivity contribution in [3.05, 3.63) is 0 Å². The number of nitrogens with zero attached hydrogens (tertiary/aromatic N) is 1. The summed E-state index contributed by atoms with van der Waals surface area (Å²) in [6, 6.07) is 0.202. The highest BCUT2D eigenvalue weighted by molar-refractivity contribution is 6.35. The first-order valence-electron chi connectivity index (χ1n) is 6.54. The molecule has 2 N–H and O–H groups in total. The summed E-state index contributed by atoms with van der Waals surface area (Å²) >= 11 is 0. The number of rotatable bonds is 2. The maximum atomic E-state index is 12.1. The van der Waals surface area contributed by atoms with Gasteiger partial charge in [0, 0.05) is 12.1 Å². The molecular formula is C13H24N2O3. The summed E-state index contributed by atoms with van der Waals surface area (Å²) < 4.78 is 0. The molecule has 5 heteroatoms. The van der Waals surface area contributed by atoms with E-state index in [-0.39, 0.29) is 18.7 Å². The molecule has 1 fully saturated rings. The molecule has 1 heterocycles. The maximum Gasteiger partial charge on any atom is 0.312 e. The van der Waals surface area contributed by atoms with Gasteiger partial charge in [-0.2, -0.15) is 0 Å². The quantitative estimate of drug-likeness (QED) is 0.713. The number of piperidine rings is 1. The number of hydrogen-bond acceptors (Lipinski definition) is 3. The van der Waals surface area contributed by atoms with Gasteiger partial charge in [-0.15, -0.1) is 0 Å². The Morgan fingerprint density at radius 3 is 2.22 bits per heavy atom. The Bertz CT molecular complexity index is 318. The normalized spacial score (nSPS) is 24.8. The third-order valence-corrected chi connectivity index (χ3v) is 3.47. The van der Waals surface area contributed by atoms with Gasteiger partial charge in [0.25, 0.3) is 0 Å². The molecule has 1 saturated heterocycles. The lowest BCUT2D eigenvalue weighted by atomic mass is 9.97. The van der Waals surface area contributed by atoms with Gasteiger partial charge in [0.1, 0.15) is 0 Å². The van der Waals surface area contributed by atoms with Crippen LogP contribution in [0.4, 0.5) is 0 Å². The molecule has 104 valence electrons. The van der Waals surface area contributed by atoms with Crippen molar-refractivity contribution in [2.24, 2.45) is 0 Å². The predicted octanol–water partition coefficient (Wildman–Crippen LogP) is 0.663. The van der Waals surface area contributed by atoms with Crippen LogP contribution in [0.5, 0.6) is 0 Å². The Hall–Kier alpha value is -1.10. The van der Waals surface area contributed by atoms with Crippen molar-refractivity contribution in [1.82, 2.24) is 10.2 Å². The molecule has 0 spiro atoms. The van der Waals surface area contributed by atoms with Crippen molar-refractivity contribution in [1.29, 1.82) is 0 Å². The zero-order valence-corrected chi connectivity index (χ0v) is 11.7. The van der Waals surface area contributed by atoms with Crippen LogP contribution < -0.4 is 5.32 Å². The lowest BCUT2D eigenvalue weighted by Crippen LogP contribution is -2.57. The summed E-state index contributed by atoms with van der Waals surface area (Å²) in [5, 5.41) is 11.7. The smallest absolute Gasteiger partial charge is 0.312 e. The highest BCUT2D eigenvalue weighted by atomic mass is 16.3. The molecule has 1 rings (SSSR count). The summed E-state index contributed by atoms with van der Waals surface area (Å²) in [6.07, 6.45) is 2.97. The van der Waals surface area contributed by atoms with Crippen LogP contribution in [0.15, 0.2) is 0 Å². The average Bonchev–Trinajstić information content (AvgIpc) is 2.28. The van der Waals surface area contributed by atoms with Crippen LogP contribution in [0.25, 0.3) is 0 Å². The lowest BCUT2D eigenvalue weighted by molar-refractivity contribution is -0.151. The molecule has 0 aromatic heterocycles. The summed E-state index contributed by atoms with van der Waals surface area (Å²) in [4.78, 5) is 25.7. The third-order valence-electron chi connectivity index (χ3n) is 3.47. The highest BCUT2D eigenvalue weighted by Crippen LogP contribution is 2.22. The van der Waals surface area contributed by atoms with Crippen molar-refractivity contribution in [2.75, 3.05) is 6.61 Å². The van der Waals surface area contributed by atoms with E-state index in [1.807, 2.05) is 13.8 Å². The Labute approximate surface area is 109 Å². The van der Waals surface area contributed by atoms with Gasteiger partial charge in [-0.1, -0.05) is 0 Å². The summed E-state index contributed by atoms with van der Waals surface area (Å²) in [5.41, 5.74) is -0.769. The molecule has 18 heavy (non-hydrogen) atoms. The standard InChI is InChI=1S/C13H24N2O3/c1-9-6-5-7-10(2)15(9)12(18)11(17)14-13(3,4)8-16/h9-10,16H,5-8H2,1-4H3,(H,14,17). The van der Waals surface area contributed by atoms with Gasteiger partial charge >= 0.3 is 11.8 Å². The predicted molar refractivity (Wildman–Crippen MR) is 68.9 cm³/mol. The summed E-state index contributed by atoms with van der Waals surface area (Å²) in [6.45, 7) is 7.11. The molecule has 0 radical (unpaired) electrons. The number of amides is 2. The van der Waals surface area contributed by atoms with Gasteiger partial charge in [-0.3, -0.25) is 9.59 Å². The first-order valence-corrected chi connectivity index (χ1v) is 6.54. The molecule has 1 aliphatic heterocycles. The lowest BCUT2D eigenvalue weighted by Gasteiger charge is -2.39. The Balaban J connectivity index is 2.71. The molecule has 0 aromatic rings. The van der Waals surface area contributed by atoms with Gasteiger partial charge in [-0.25, -0.2) is 0 Å². The second kappa shape index (κ2) is 5.69. The van der Waals surface area contributed by atoms with Gasteiger partial charge in [0.2, 0.25) is 0 Å². The fourth-order valence-electron chi connectivity index (χ4n) is 2.34. The molecule has 2 unspecified atom stereocenters. The van der Waals surface area contributed by atoms with E-state index in [0.29, 0.717) is 0 Å². The monoisotopic (exact) mass is 256 g/mol. The molecular weight excluding hydrogens is 232 g/mol. The number of nitrogens with one attached hydrogen (secondary N) is 1. The van der Waals surface area contributed by atoms with E-state index in [0.717, 1.165) is 19.3 Å². The van der Waals surface area contributed by atoms with Crippen molar-refractivity contribution in [3.8, 4) is 0 Å². The number of hydrogen-bond donors (Lipinski definition) is 2. The number of aliphatic hydroxyl groups is 1. The molecule has 0 aromatic carbocycles. The minimum atomic E-state index is -0.769. The molecule has 2 amide bonds. The number of aliphatic hydroxyl groups excluding tert-OH is 1. The van der Waals surface area contributed by atoms with E-state index in [1.165, 1.54) is 0 Å². The second-order valence-corrected chi connectivity index (χ2v) is 5.84. The minimum Gasteiger partial charge on any atom is -0.394 e. The van der Waals surface area contributed by atoms with E-state index >= 15 is 0 Å². The second-order valence-electron chi connectivity index (χ2n) is 5.84. The maximum absolute atomic E-state index is 12.1. The van der Waals surface area contributed by atoms with Crippen molar-refractivity contribution in [3.63, 3.8) is 0 Å². The SMILES string of the molecule is CC1CCCC(C)N1C(=O)C(=O)NC(C)(C)CO. The van der Waals surface area contributed by atoms with Gasteiger partial charge in [0.05, 0.1) is 12.1 Å². The van der Waals surface area contributed by atoms with Crippen LogP contribution in [0, 0.1) is 0 Å². The minimum absolute atomic E-state index is 0.101. The fourth-order valence-corrected chi connectivity index (χ4v) is 2.34. The summed E-state index contributed by atoms with van der Waals surface area (Å²) in [7, 11) is 0. The van der Waals surface area contributed by atoms with E-state index in [4.69, 9.17) is 5.11 Å². The fraction of sp³-hybridized carbons (Fsp3) is 0.846. The number of likely N-dealkylation sites (tertiary alicyclic amines) is 1. The van der Waals surface area contributed by atoms with Crippen molar-refractivity contribution >= 4 is 11.8 Å². The van der Waals surface area contributed by atoms with E-state index in [2.05, 4.69) is 5.32 Å². The molecule has 5 nitrogen and oxygen atoms in total. The van der Waals surface area contributed by atoms with Gasteiger partial charge in [-0.05, 0) is 47.0 Å². The van der Waals surface area contributed by atoms with Crippen LogP contribution in [-0.4, -0.2) is 46.1 Å². The zero-order valence-electron chi connectivity index (χ0n) is 11.7. The van der Waals surface area contributed by atoms with E-state index in [9.17, 15) is 9.59 Å². The van der Waals surface area contributed by atoms with E-state index in [1.54, 1.807) is 18.7 Å². The van der Waals surface area contributed by atoms with Crippen molar-refractivity contribution in [2.45, 2.75) is 64.6 Å². The average molecular weight is 256 g/mol. The molecule has 0 aliphatic carbocycles. The van der Waals surface area contributed by atoms with Gasteiger partial charge < -0.3 is 15.3 Å². The molecule has 2 atom stereocenters. The number of carbonyl (C=O) groups is 2. The van der Waals surface area contributed by atoms with Crippen LogP contribution in [0.2, 0.25) is 0 Å². The molecule has 0 bridgehead atoms. The Kier molecular flexibility index (Phi) is 4.73. The summed E-state index contributed by atoms with van der Waals surface area (Å²) in [5.74, 6) is -1.12. The highest BCUT2D eigenvalue weighted by Gasteiger charge is 2.34. The zero-order chi connectivity index (χ0) is 13.9. The van der Waals surface area contributed by atoms with Crippen LogP contribution >= 0.6 is 0 Å². The first kappa shape index (κ1) is 15.0. The van der Waals surface area contributed by atoms with E-state index < -0.39 is 17.4 Å². The van der Waals surface area contributed by atoms with Crippen molar-refractivity contribution < 1.29 is 14.7 Å².